The Hall–Kier alpha value is -2.51. The van der Waals surface area contributed by atoms with Crippen molar-refractivity contribution in [2.75, 3.05) is 25.0 Å². The lowest BCUT2D eigenvalue weighted by Gasteiger charge is -2.25. The molecule has 0 fully saturated rings. The van der Waals surface area contributed by atoms with Gasteiger partial charge in [-0.2, -0.15) is 0 Å². The number of thiophene rings is 1. The second-order valence-corrected chi connectivity index (χ2v) is 7.74. The molecule has 0 unspecified atom stereocenters. The van der Waals surface area contributed by atoms with Gasteiger partial charge in [-0.15, -0.1) is 11.3 Å². The standard InChI is InChI=1S/C21H24N2O4S/c1-4-23-11-10-16-17(12-23)28-20(18(16)21(26)27-5-2)22-19(25)15-8-6-14(7-9-15)13(3)24/h6-9H,4-5,10-12H2,1-3H3,(H,22,25). The quantitative estimate of drug-likeness (QED) is 0.590. The average Bonchev–Trinajstić information content (AvgIpc) is 3.04. The van der Waals surface area contributed by atoms with Crippen molar-refractivity contribution in [3.63, 3.8) is 0 Å². The molecule has 2 aromatic rings. The third-order valence-corrected chi connectivity index (χ3v) is 5.98. The van der Waals surface area contributed by atoms with Gasteiger partial charge in [-0.25, -0.2) is 4.79 Å². The van der Waals surface area contributed by atoms with E-state index in [1.165, 1.54) is 18.3 Å². The minimum Gasteiger partial charge on any atom is -0.462 e. The molecule has 3 rings (SSSR count). The Morgan fingerprint density at radius 3 is 2.43 bits per heavy atom. The zero-order valence-corrected chi connectivity index (χ0v) is 17.1. The first-order valence-corrected chi connectivity index (χ1v) is 10.2. The first-order valence-electron chi connectivity index (χ1n) is 9.40. The van der Waals surface area contributed by atoms with Crippen LogP contribution in [0.15, 0.2) is 24.3 Å². The highest BCUT2D eigenvalue weighted by Crippen LogP contribution is 2.37. The topological polar surface area (TPSA) is 75.7 Å². The van der Waals surface area contributed by atoms with Crippen molar-refractivity contribution in [2.24, 2.45) is 0 Å². The fraction of sp³-hybridized carbons (Fsp3) is 0.381. The van der Waals surface area contributed by atoms with Gasteiger partial charge in [0.1, 0.15) is 5.00 Å². The number of benzene rings is 1. The van der Waals surface area contributed by atoms with Crippen molar-refractivity contribution < 1.29 is 19.1 Å². The predicted octanol–water partition coefficient (Wildman–Crippen LogP) is 3.76. The number of carbonyl (C=O) groups excluding carboxylic acids is 3. The average molecular weight is 401 g/mol. The van der Waals surface area contributed by atoms with Crippen LogP contribution in [-0.4, -0.2) is 42.3 Å². The molecule has 0 saturated heterocycles. The summed E-state index contributed by atoms with van der Waals surface area (Å²) in [7, 11) is 0. The van der Waals surface area contributed by atoms with Gasteiger partial charge in [0.05, 0.1) is 12.2 Å². The van der Waals surface area contributed by atoms with E-state index in [1.807, 2.05) is 0 Å². The Labute approximate surface area is 168 Å². The summed E-state index contributed by atoms with van der Waals surface area (Å²) in [6.07, 6.45) is 0.761. The van der Waals surface area contributed by atoms with Gasteiger partial charge < -0.3 is 10.1 Å². The molecule has 0 bridgehead atoms. The third-order valence-electron chi connectivity index (χ3n) is 4.84. The lowest BCUT2D eigenvalue weighted by molar-refractivity contribution is 0.0526. The van der Waals surface area contributed by atoms with E-state index in [0.717, 1.165) is 36.5 Å². The summed E-state index contributed by atoms with van der Waals surface area (Å²) in [5.41, 5.74) is 2.44. The van der Waals surface area contributed by atoms with Gasteiger partial charge in [0, 0.05) is 29.1 Å². The third kappa shape index (κ3) is 4.15. The molecule has 1 aliphatic rings. The van der Waals surface area contributed by atoms with Gasteiger partial charge in [0.15, 0.2) is 5.78 Å². The number of anilines is 1. The summed E-state index contributed by atoms with van der Waals surface area (Å²) in [5.74, 6) is -0.762. The molecular formula is C21H24N2O4S. The highest BCUT2D eigenvalue weighted by molar-refractivity contribution is 7.17. The molecule has 1 aliphatic heterocycles. The molecule has 0 aliphatic carbocycles. The lowest BCUT2D eigenvalue weighted by atomic mass is 10.0. The van der Waals surface area contributed by atoms with Crippen LogP contribution >= 0.6 is 11.3 Å². The summed E-state index contributed by atoms with van der Waals surface area (Å²) >= 11 is 1.44. The van der Waals surface area contributed by atoms with E-state index in [4.69, 9.17) is 4.74 Å². The number of rotatable bonds is 6. The number of nitrogens with zero attached hydrogens (tertiary/aromatic N) is 1. The Bertz CT molecular complexity index is 902. The lowest BCUT2D eigenvalue weighted by Crippen LogP contribution is -2.30. The summed E-state index contributed by atoms with van der Waals surface area (Å²) in [6, 6.07) is 6.48. The van der Waals surface area contributed by atoms with Gasteiger partial charge in [0.25, 0.3) is 5.91 Å². The maximum atomic E-state index is 12.7. The molecule has 6 nitrogen and oxygen atoms in total. The number of Topliss-reactive ketones (excluding diaryl/α,β-unsaturated/α-hetero) is 1. The van der Waals surface area contributed by atoms with E-state index in [9.17, 15) is 14.4 Å². The van der Waals surface area contributed by atoms with Crippen LogP contribution < -0.4 is 5.32 Å². The number of amides is 1. The Balaban J connectivity index is 1.90. The number of nitrogens with one attached hydrogen (secondary N) is 1. The first kappa shape index (κ1) is 20.2. The Morgan fingerprint density at radius 1 is 1.14 bits per heavy atom. The monoisotopic (exact) mass is 400 g/mol. The SMILES string of the molecule is CCOC(=O)c1c(NC(=O)c2ccc(C(C)=O)cc2)sc2c1CCN(CC)C2. The van der Waals surface area contributed by atoms with Crippen molar-refractivity contribution in [1.82, 2.24) is 4.90 Å². The largest absolute Gasteiger partial charge is 0.462 e. The van der Waals surface area contributed by atoms with E-state index in [-0.39, 0.29) is 18.3 Å². The molecule has 1 aromatic carbocycles. The zero-order valence-electron chi connectivity index (χ0n) is 16.3. The fourth-order valence-electron chi connectivity index (χ4n) is 3.27. The number of esters is 1. The molecule has 0 radical (unpaired) electrons. The maximum absolute atomic E-state index is 12.7. The summed E-state index contributed by atoms with van der Waals surface area (Å²) < 4.78 is 5.24. The van der Waals surface area contributed by atoms with Crippen LogP contribution in [-0.2, 0) is 17.7 Å². The van der Waals surface area contributed by atoms with Crippen LogP contribution in [0.2, 0.25) is 0 Å². The molecule has 148 valence electrons. The second-order valence-electron chi connectivity index (χ2n) is 6.63. The van der Waals surface area contributed by atoms with E-state index in [2.05, 4.69) is 17.1 Å². The summed E-state index contributed by atoms with van der Waals surface area (Å²) in [6.45, 7) is 8.23. The molecule has 1 amide bonds. The van der Waals surface area contributed by atoms with E-state index < -0.39 is 5.97 Å². The predicted molar refractivity (Wildman–Crippen MR) is 109 cm³/mol. The number of hydrogen-bond donors (Lipinski definition) is 1. The number of hydrogen-bond acceptors (Lipinski definition) is 6. The van der Waals surface area contributed by atoms with E-state index >= 15 is 0 Å². The minimum absolute atomic E-state index is 0.0528. The second kappa shape index (κ2) is 8.67. The van der Waals surface area contributed by atoms with Crippen LogP contribution in [0.5, 0.6) is 0 Å². The zero-order chi connectivity index (χ0) is 20.3. The van der Waals surface area contributed by atoms with Gasteiger partial charge in [0.2, 0.25) is 0 Å². The van der Waals surface area contributed by atoms with E-state index in [0.29, 0.717) is 21.7 Å². The van der Waals surface area contributed by atoms with Crippen molar-refractivity contribution in [3.05, 3.63) is 51.4 Å². The number of carbonyl (C=O) groups is 3. The fourth-order valence-corrected chi connectivity index (χ4v) is 4.54. The van der Waals surface area contributed by atoms with Crippen molar-refractivity contribution in [2.45, 2.75) is 33.7 Å². The van der Waals surface area contributed by atoms with Crippen LogP contribution in [0.1, 0.15) is 62.3 Å². The highest BCUT2D eigenvalue weighted by Gasteiger charge is 2.29. The number of ether oxygens (including phenoxy) is 1. The summed E-state index contributed by atoms with van der Waals surface area (Å²) in [4.78, 5) is 40.1. The number of fused-ring (bicyclic) bond motifs is 1. The van der Waals surface area contributed by atoms with Gasteiger partial charge in [-0.1, -0.05) is 19.1 Å². The van der Waals surface area contributed by atoms with Crippen LogP contribution in [0, 0.1) is 0 Å². The minimum atomic E-state index is -0.396. The van der Waals surface area contributed by atoms with Crippen molar-refractivity contribution in [1.29, 1.82) is 0 Å². The molecule has 0 spiro atoms. The van der Waals surface area contributed by atoms with Crippen molar-refractivity contribution >= 4 is 34.0 Å². The molecule has 1 aromatic heterocycles. The Morgan fingerprint density at radius 2 is 1.82 bits per heavy atom. The van der Waals surface area contributed by atoms with Crippen LogP contribution in [0.4, 0.5) is 5.00 Å². The molecule has 1 N–H and O–H groups in total. The van der Waals surface area contributed by atoms with Crippen molar-refractivity contribution in [3.8, 4) is 0 Å². The molecule has 0 atom stereocenters. The highest BCUT2D eigenvalue weighted by atomic mass is 32.1. The first-order chi connectivity index (χ1) is 13.4. The van der Waals surface area contributed by atoms with E-state index in [1.54, 1.807) is 31.2 Å². The van der Waals surface area contributed by atoms with Gasteiger partial charge in [-0.3, -0.25) is 14.5 Å². The smallest absolute Gasteiger partial charge is 0.341 e. The van der Waals surface area contributed by atoms with Gasteiger partial charge in [-0.05, 0) is 44.5 Å². The van der Waals surface area contributed by atoms with Crippen LogP contribution in [0.3, 0.4) is 0 Å². The molecule has 2 heterocycles. The molecular weight excluding hydrogens is 376 g/mol. The van der Waals surface area contributed by atoms with Crippen LogP contribution in [0.25, 0.3) is 0 Å². The normalized spacial score (nSPS) is 13.7. The molecule has 28 heavy (non-hydrogen) atoms. The maximum Gasteiger partial charge on any atom is 0.341 e. The molecule has 7 heteroatoms. The molecule has 0 saturated carbocycles. The number of likely N-dealkylation sites (N-methyl/N-ethyl adjacent to an activating group) is 1. The van der Waals surface area contributed by atoms with Gasteiger partial charge >= 0.3 is 5.97 Å². The Kier molecular flexibility index (Phi) is 6.26. The number of ketones is 1. The summed E-state index contributed by atoms with van der Waals surface area (Å²) in [5, 5.41) is 3.41.